The van der Waals surface area contributed by atoms with Crippen LogP contribution in [0.1, 0.15) is 11.4 Å². The van der Waals surface area contributed by atoms with Crippen molar-refractivity contribution in [3.05, 3.63) is 72.1 Å². The molecule has 2 aliphatic heterocycles. The molecule has 0 bridgehead atoms. The second-order valence-electron chi connectivity index (χ2n) is 18.6. The summed E-state index contributed by atoms with van der Waals surface area (Å²) in [6, 6.07) is 14.4. The first-order valence-corrected chi connectivity index (χ1v) is 27.6. The molecule has 2 amide bonds. The molecular weight excluding hydrogens is 1140 g/mol. The van der Waals surface area contributed by atoms with Gasteiger partial charge in [-0.1, -0.05) is 47.8 Å². The van der Waals surface area contributed by atoms with Crippen molar-refractivity contribution in [3.8, 4) is 23.3 Å². The van der Waals surface area contributed by atoms with E-state index in [0.717, 1.165) is 11.0 Å². The molecule has 0 saturated carbocycles. The lowest BCUT2D eigenvalue weighted by atomic mass is 9.99. The van der Waals surface area contributed by atoms with Gasteiger partial charge in [0.25, 0.3) is 10.4 Å². The number of benzene rings is 2. The summed E-state index contributed by atoms with van der Waals surface area (Å²) in [5.41, 5.74) is 2.53. The van der Waals surface area contributed by atoms with Crippen LogP contribution in [0.2, 0.25) is 0 Å². The number of anilines is 2. The summed E-state index contributed by atoms with van der Waals surface area (Å²) in [6.07, 6.45) is -9.57. The van der Waals surface area contributed by atoms with E-state index < -0.39 is 61.0 Å². The highest BCUT2D eigenvalue weighted by Gasteiger charge is 2.45. The third-order valence-corrected chi connectivity index (χ3v) is 14.4. The second kappa shape index (κ2) is 29.4. The Morgan fingerprint density at radius 3 is 1.32 bits per heavy atom. The zero-order valence-electron chi connectivity index (χ0n) is 44.8. The number of fused-ring (bicyclic) bond motifs is 2. The van der Waals surface area contributed by atoms with Gasteiger partial charge >= 0.3 is 12.4 Å². The number of thioether (sulfide) groups is 2. The van der Waals surface area contributed by atoms with Gasteiger partial charge in [-0.15, -0.1) is 12.4 Å². The lowest BCUT2D eigenvalue weighted by molar-refractivity contribution is -0.154. The first-order chi connectivity index (χ1) is 38.4. The Morgan fingerprint density at radius 2 is 0.963 bits per heavy atom. The fraction of sp³-hybridized carbons (Fsp3) is 0.500. The van der Waals surface area contributed by atoms with Gasteiger partial charge < -0.3 is 47.9 Å². The van der Waals surface area contributed by atoms with Crippen LogP contribution in [0.5, 0.6) is 23.3 Å². The molecule has 2 N–H and O–H groups in total. The molecule has 6 aromatic rings. The van der Waals surface area contributed by atoms with Crippen molar-refractivity contribution in [3.63, 3.8) is 0 Å². The Morgan fingerprint density at radius 1 is 0.580 bits per heavy atom. The van der Waals surface area contributed by atoms with Crippen LogP contribution < -0.4 is 29.6 Å². The van der Waals surface area contributed by atoms with Crippen LogP contribution in [0.4, 0.5) is 37.7 Å². The molecule has 2 atom stereocenters. The molecule has 2 unspecified atom stereocenters. The highest BCUT2D eigenvalue weighted by molar-refractivity contribution is 7.99. The largest absolute Gasteiger partial charge is 0.482 e. The fourth-order valence-electron chi connectivity index (χ4n) is 8.95. The molecule has 0 radical (unpaired) electrons. The van der Waals surface area contributed by atoms with Crippen LogP contribution >= 0.6 is 35.9 Å². The van der Waals surface area contributed by atoms with Gasteiger partial charge in [0.05, 0.1) is 13.2 Å². The SMILES string of the molecule is COCCOc1nc(C)cc(OCC(F)(F)F)c1NC(=O)C(C(C(=O)Nc1c(OCC(F)(F)F)cc(C)nc1OCCOC)N1CCN(CCSc2nc3ccccc3o2)CC1)N1CCN(CCSc2nc3ccccc3o2)CC1.Cl. The van der Waals surface area contributed by atoms with Gasteiger partial charge in [-0.25, -0.2) is 19.9 Å². The zero-order valence-corrected chi connectivity index (χ0v) is 47.3. The Labute approximate surface area is 477 Å². The van der Waals surface area contributed by atoms with E-state index in [2.05, 4.69) is 40.4 Å². The lowest BCUT2D eigenvalue weighted by Gasteiger charge is -2.46. The number of carbonyl (C=O) groups excluding carboxylic acids is 2. The summed E-state index contributed by atoms with van der Waals surface area (Å²) < 4.78 is 127. The summed E-state index contributed by atoms with van der Waals surface area (Å²) in [6.45, 7) is 3.07. The number of halogens is 7. The molecule has 81 heavy (non-hydrogen) atoms. The summed E-state index contributed by atoms with van der Waals surface area (Å²) in [7, 11) is 2.84. The molecule has 4 aromatic heterocycles. The Hall–Kier alpha value is -5.85. The van der Waals surface area contributed by atoms with Crippen molar-refractivity contribution in [2.45, 2.75) is 48.7 Å². The standard InChI is InChI=1S/C52H62F6N10O10S2.ClH/c1-33-29-39(75-31-51(53,54)55)41(47(59-33)73-25-23-71-3)63-45(69)43(67-17-13-65(14-18-67)21-27-79-49-61-35-9-5-7-11-37(35)77-49)44(68-19-15-66(16-20-68)22-28-80-50-62-36-10-6-8-12-38(36)78-50)46(70)64-42-40(76-32-52(56,57)58)30-34(2)60-48(42)74-26-24-72-4;/h5-12,29-30,43-44H,13-28,31-32H2,1-4H3,(H,63,69)(H,64,70);1H. The number of carbonyl (C=O) groups is 2. The Bertz CT molecular complexity index is 2740. The van der Waals surface area contributed by atoms with E-state index in [9.17, 15) is 26.3 Å². The minimum absolute atomic E-state index is 0. The highest BCUT2D eigenvalue weighted by Crippen LogP contribution is 2.38. The maximum absolute atomic E-state index is 15.6. The predicted molar refractivity (Wildman–Crippen MR) is 293 cm³/mol. The molecule has 2 aliphatic rings. The van der Waals surface area contributed by atoms with E-state index in [0.29, 0.717) is 72.4 Å². The van der Waals surface area contributed by atoms with Crippen molar-refractivity contribution in [2.75, 3.05) is 141 Å². The van der Waals surface area contributed by atoms with Crippen LogP contribution in [-0.4, -0.2) is 207 Å². The van der Waals surface area contributed by atoms with Crippen LogP contribution in [0.3, 0.4) is 0 Å². The number of amides is 2. The maximum atomic E-state index is 15.6. The first kappa shape index (κ1) is 62.7. The number of methoxy groups -OCH3 is 2. The summed E-state index contributed by atoms with van der Waals surface area (Å²) >= 11 is 2.89. The summed E-state index contributed by atoms with van der Waals surface area (Å²) in [5, 5.41) is 6.56. The van der Waals surface area contributed by atoms with E-state index >= 15 is 9.59 Å². The summed E-state index contributed by atoms with van der Waals surface area (Å²) in [4.78, 5) is 57.2. The number of para-hydroxylation sites is 4. The monoisotopic (exact) mass is 1200 g/mol. The predicted octanol–water partition coefficient (Wildman–Crippen LogP) is 7.86. The number of aromatic nitrogens is 4. The molecule has 2 fully saturated rings. The van der Waals surface area contributed by atoms with E-state index in [-0.39, 0.29) is 99.5 Å². The van der Waals surface area contributed by atoms with Gasteiger partial charge in [-0.05, 0) is 38.1 Å². The van der Waals surface area contributed by atoms with Gasteiger partial charge in [0.2, 0.25) is 23.6 Å². The van der Waals surface area contributed by atoms with Crippen LogP contribution in [0, 0.1) is 13.8 Å². The van der Waals surface area contributed by atoms with E-state index in [1.807, 2.05) is 48.5 Å². The molecule has 20 nitrogen and oxygen atoms in total. The first-order valence-electron chi connectivity index (χ1n) is 25.6. The molecule has 442 valence electrons. The fourth-order valence-corrected chi connectivity index (χ4v) is 10.6. The number of ether oxygens (including phenoxy) is 6. The van der Waals surface area contributed by atoms with Crippen LogP contribution in [0.15, 0.2) is 79.9 Å². The highest BCUT2D eigenvalue weighted by atomic mass is 35.5. The molecule has 29 heteroatoms. The molecule has 2 aromatic carbocycles. The normalized spacial score (nSPS) is 15.8. The number of rotatable bonds is 27. The van der Waals surface area contributed by atoms with Crippen molar-refractivity contribution in [2.24, 2.45) is 0 Å². The number of oxazole rings is 2. The molecule has 2 saturated heterocycles. The zero-order chi connectivity index (χ0) is 56.8. The van der Waals surface area contributed by atoms with Crippen molar-refractivity contribution in [1.82, 2.24) is 39.5 Å². The molecular formula is C52H63ClF6N10O10S2. The second-order valence-corrected chi connectivity index (χ2v) is 20.7. The smallest absolute Gasteiger partial charge is 0.422 e. The van der Waals surface area contributed by atoms with Gasteiger partial charge in [-0.3, -0.25) is 29.2 Å². The van der Waals surface area contributed by atoms with E-state index in [1.165, 1.54) is 63.7 Å². The number of nitrogens with zero attached hydrogens (tertiary/aromatic N) is 8. The minimum atomic E-state index is -4.78. The topological polar surface area (TPSA) is 204 Å². The number of pyridine rings is 2. The van der Waals surface area contributed by atoms with Gasteiger partial charge in [-0.2, -0.15) is 26.3 Å². The number of nitrogens with one attached hydrogen (secondary N) is 2. The van der Waals surface area contributed by atoms with Crippen molar-refractivity contribution in [1.29, 1.82) is 0 Å². The van der Waals surface area contributed by atoms with E-state index in [4.69, 9.17) is 37.3 Å². The average molecular weight is 1200 g/mol. The lowest BCUT2D eigenvalue weighted by Crippen LogP contribution is -2.66. The average Bonchev–Trinajstić information content (AvgIpc) is 4.04. The molecule has 8 rings (SSSR count). The van der Waals surface area contributed by atoms with E-state index in [1.54, 1.807) is 9.80 Å². The Kier molecular flexibility index (Phi) is 22.8. The third-order valence-electron chi connectivity index (χ3n) is 12.7. The number of alkyl halides is 6. The minimum Gasteiger partial charge on any atom is -0.482 e. The van der Waals surface area contributed by atoms with Gasteiger partial charge in [0.15, 0.2) is 35.9 Å². The number of piperazine rings is 2. The van der Waals surface area contributed by atoms with Gasteiger partial charge in [0.1, 0.15) is 47.7 Å². The number of hydrogen-bond acceptors (Lipinski definition) is 20. The molecule has 6 heterocycles. The maximum Gasteiger partial charge on any atom is 0.422 e. The van der Waals surface area contributed by atoms with Gasteiger partial charge in [0, 0.05) is 115 Å². The Balaban J connectivity index is 0.00000946. The van der Waals surface area contributed by atoms with Crippen molar-refractivity contribution < 1.29 is 73.2 Å². The molecule has 0 aliphatic carbocycles. The van der Waals surface area contributed by atoms with Crippen molar-refractivity contribution >= 4 is 81.3 Å². The number of aryl methyl sites for hydroxylation is 2. The third kappa shape index (κ3) is 18.1. The number of hydrogen-bond donors (Lipinski definition) is 2. The van der Waals surface area contributed by atoms with Crippen LogP contribution in [0.25, 0.3) is 22.2 Å². The van der Waals surface area contributed by atoms with Crippen LogP contribution in [-0.2, 0) is 19.1 Å². The quantitative estimate of drug-likeness (QED) is 0.0286. The molecule has 0 spiro atoms. The summed E-state index contributed by atoms with van der Waals surface area (Å²) in [5.74, 6) is -1.86.